The van der Waals surface area contributed by atoms with Crippen LogP contribution in [0.1, 0.15) is 40.2 Å². The van der Waals surface area contributed by atoms with Gasteiger partial charge in [-0.3, -0.25) is 0 Å². The molecule has 0 saturated heterocycles. The molecule has 1 aliphatic rings. The molecule has 2 heterocycles. The fraction of sp³-hybridized carbons (Fsp3) is 0.259. The molecule has 174 valence electrons. The van der Waals surface area contributed by atoms with Gasteiger partial charge in [0.1, 0.15) is 11.6 Å². The molecule has 0 fully saturated rings. The Bertz CT molecular complexity index is 1340. The van der Waals surface area contributed by atoms with Crippen molar-refractivity contribution in [1.29, 1.82) is 0 Å². The van der Waals surface area contributed by atoms with Crippen molar-refractivity contribution in [3.8, 4) is 5.75 Å². The quantitative estimate of drug-likeness (QED) is 0.330. The van der Waals surface area contributed by atoms with Crippen molar-refractivity contribution in [1.82, 2.24) is 15.0 Å². The van der Waals surface area contributed by atoms with Gasteiger partial charge in [-0.05, 0) is 78.6 Å². The SMILES string of the molecule is FC(F)(F)Oc1ccc2[nH]cc(CCCc3nccc(CCc4ccc5c(c4)C=CC5)n3)c2c1. The number of allylic oxidation sites excluding steroid dienone is 1. The average Bonchev–Trinajstić information content (AvgIpc) is 3.43. The first-order valence-corrected chi connectivity index (χ1v) is 11.4. The van der Waals surface area contributed by atoms with Gasteiger partial charge in [0.05, 0.1) is 0 Å². The molecular formula is C27H24F3N3O. The summed E-state index contributed by atoms with van der Waals surface area (Å²) in [6.45, 7) is 0. The van der Waals surface area contributed by atoms with Crippen LogP contribution in [0.3, 0.4) is 0 Å². The Morgan fingerprint density at radius 1 is 0.971 bits per heavy atom. The van der Waals surface area contributed by atoms with E-state index in [2.05, 4.69) is 45.1 Å². The largest absolute Gasteiger partial charge is 0.573 e. The molecule has 1 N–H and O–H groups in total. The third kappa shape index (κ3) is 5.30. The Labute approximate surface area is 195 Å². The molecule has 4 nitrogen and oxygen atoms in total. The molecule has 5 rings (SSSR count). The van der Waals surface area contributed by atoms with Gasteiger partial charge in [0, 0.05) is 35.4 Å². The van der Waals surface area contributed by atoms with Crippen molar-refractivity contribution in [2.75, 3.05) is 0 Å². The van der Waals surface area contributed by atoms with E-state index < -0.39 is 6.36 Å². The number of rotatable bonds is 8. The molecule has 2 aromatic carbocycles. The first-order valence-electron chi connectivity index (χ1n) is 11.4. The highest BCUT2D eigenvalue weighted by Gasteiger charge is 2.31. The lowest BCUT2D eigenvalue weighted by molar-refractivity contribution is -0.274. The molecule has 0 unspecified atom stereocenters. The number of benzene rings is 2. The number of nitrogens with one attached hydrogen (secondary N) is 1. The van der Waals surface area contributed by atoms with Crippen LogP contribution >= 0.6 is 0 Å². The van der Waals surface area contributed by atoms with E-state index >= 15 is 0 Å². The third-order valence-electron chi connectivity index (χ3n) is 6.10. The van der Waals surface area contributed by atoms with Crippen molar-refractivity contribution >= 4 is 17.0 Å². The third-order valence-corrected chi connectivity index (χ3v) is 6.10. The first-order chi connectivity index (χ1) is 16.4. The van der Waals surface area contributed by atoms with Gasteiger partial charge in [0.2, 0.25) is 0 Å². The molecule has 0 spiro atoms. The zero-order valence-corrected chi connectivity index (χ0v) is 18.5. The second kappa shape index (κ2) is 9.33. The minimum absolute atomic E-state index is 0.212. The lowest BCUT2D eigenvalue weighted by Gasteiger charge is -2.09. The van der Waals surface area contributed by atoms with Crippen LogP contribution in [-0.4, -0.2) is 21.3 Å². The molecule has 0 aliphatic heterocycles. The number of aryl methyl sites for hydroxylation is 4. The predicted octanol–water partition coefficient (Wildman–Crippen LogP) is 6.39. The molecule has 0 atom stereocenters. The van der Waals surface area contributed by atoms with E-state index in [4.69, 9.17) is 4.98 Å². The zero-order valence-electron chi connectivity index (χ0n) is 18.5. The fourth-order valence-corrected chi connectivity index (χ4v) is 4.43. The number of hydrogen-bond donors (Lipinski definition) is 1. The second-order valence-electron chi connectivity index (χ2n) is 8.53. The molecule has 0 bridgehead atoms. The molecular weight excluding hydrogens is 439 g/mol. The minimum atomic E-state index is -4.70. The number of aromatic nitrogens is 3. The van der Waals surface area contributed by atoms with Crippen LogP contribution in [0.2, 0.25) is 0 Å². The van der Waals surface area contributed by atoms with Crippen LogP contribution in [0.25, 0.3) is 17.0 Å². The number of fused-ring (bicyclic) bond motifs is 2. The van der Waals surface area contributed by atoms with Crippen LogP contribution < -0.4 is 4.74 Å². The van der Waals surface area contributed by atoms with Gasteiger partial charge < -0.3 is 9.72 Å². The summed E-state index contributed by atoms with van der Waals surface area (Å²) in [7, 11) is 0. The fourth-order valence-electron chi connectivity index (χ4n) is 4.43. The van der Waals surface area contributed by atoms with E-state index in [1.165, 1.54) is 28.8 Å². The summed E-state index contributed by atoms with van der Waals surface area (Å²) in [5.74, 6) is 0.576. The second-order valence-corrected chi connectivity index (χ2v) is 8.53. The van der Waals surface area contributed by atoms with Gasteiger partial charge >= 0.3 is 6.36 Å². The van der Waals surface area contributed by atoms with Gasteiger partial charge in [-0.1, -0.05) is 30.4 Å². The monoisotopic (exact) mass is 463 g/mol. The number of nitrogens with zero attached hydrogens (tertiary/aromatic N) is 2. The Morgan fingerprint density at radius 3 is 2.76 bits per heavy atom. The van der Waals surface area contributed by atoms with E-state index in [1.807, 2.05) is 12.3 Å². The van der Waals surface area contributed by atoms with Gasteiger partial charge in [0.25, 0.3) is 0 Å². The van der Waals surface area contributed by atoms with Crippen molar-refractivity contribution in [2.24, 2.45) is 0 Å². The highest BCUT2D eigenvalue weighted by Crippen LogP contribution is 2.29. The Kier molecular flexibility index (Phi) is 6.09. The molecule has 0 saturated carbocycles. The maximum Gasteiger partial charge on any atom is 0.573 e. The van der Waals surface area contributed by atoms with Crippen molar-refractivity contribution in [3.63, 3.8) is 0 Å². The van der Waals surface area contributed by atoms with Crippen molar-refractivity contribution < 1.29 is 17.9 Å². The molecule has 0 radical (unpaired) electrons. The van der Waals surface area contributed by atoms with E-state index in [9.17, 15) is 13.2 Å². The van der Waals surface area contributed by atoms with Crippen molar-refractivity contribution in [3.05, 3.63) is 94.7 Å². The minimum Gasteiger partial charge on any atom is -0.406 e. The molecule has 4 aromatic rings. The van der Waals surface area contributed by atoms with Crippen LogP contribution in [-0.2, 0) is 32.1 Å². The first kappa shape index (κ1) is 22.2. The Hall–Kier alpha value is -3.61. The highest BCUT2D eigenvalue weighted by atomic mass is 19.4. The summed E-state index contributed by atoms with van der Waals surface area (Å²) in [5, 5.41) is 0.737. The molecule has 2 aromatic heterocycles. The summed E-state index contributed by atoms with van der Waals surface area (Å²) < 4.78 is 41.7. The van der Waals surface area contributed by atoms with Gasteiger partial charge in [-0.25, -0.2) is 9.97 Å². The normalized spacial score (nSPS) is 12.9. The van der Waals surface area contributed by atoms with Crippen molar-refractivity contribution in [2.45, 2.75) is 44.9 Å². The summed E-state index contributed by atoms with van der Waals surface area (Å²) >= 11 is 0. The summed E-state index contributed by atoms with van der Waals surface area (Å²) in [4.78, 5) is 12.2. The van der Waals surface area contributed by atoms with E-state index in [0.29, 0.717) is 12.8 Å². The van der Waals surface area contributed by atoms with Gasteiger partial charge in [0.15, 0.2) is 0 Å². The smallest absolute Gasteiger partial charge is 0.406 e. The van der Waals surface area contributed by atoms with Crippen LogP contribution in [0.15, 0.2) is 60.9 Å². The van der Waals surface area contributed by atoms with Gasteiger partial charge in [-0.2, -0.15) is 0 Å². The lowest BCUT2D eigenvalue weighted by Crippen LogP contribution is -2.16. The maximum atomic E-state index is 12.5. The number of ether oxygens (including phenoxy) is 1. The van der Waals surface area contributed by atoms with E-state index in [0.717, 1.165) is 53.7 Å². The number of H-pyrrole nitrogens is 1. The lowest BCUT2D eigenvalue weighted by atomic mass is 10.0. The van der Waals surface area contributed by atoms with E-state index in [-0.39, 0.29) is 5.75 Å². The average molecular weight is 464 g/mol. The summed E-state index contributed by atoms with van der Waals surface area (Å²) in [5.41, 5.74) is 6.75. The van der Waals surface area contributed by atoms with Gasteiger partial charge in [-0.15, -0.1) is 13.2 Å². The topological polar surface area (TPSA) is 50.8 Å². The number of aromatic amines is 1. The molecule has 7 heteroatoms. The highest BCUT2D eigenvalue weighted by molar-refractivity contribution is 5.84. The maximum absolute atomic E-state index is 12.5. The predicted molar refractivity (Wildman–Crippen MR) is 126 cm³/mol. The zero-order chi connectivity index (χ0) is 23.5. The molecule has 34 heavy (non-hydrogen) atoms. The van der Waals surface area contributed by atoms with Crippen LogP contribution in [0.4, 0.5) is 13.2 Å². The summed E-state index contributed by atoms with van der Waals surface area (Å²) in [6.07, 6.45) is 8.29. The Balaban J connectivity index is 1.18. The van der Waals surface area contributed by atoms with E-state index in [1.54, 1.807) is 12.3 Å². The van der Waals surface area contributed by atoms with Crippen LogP contribution in [0, 0.1) is 0 Å². The van der Waals surface area contributed by atoms with Crippen LogP contribution in [0.5, 0.6) is 5.75 Å². The molecule has 1 aliphatic carbocycles. The standard InChI is InChI=1S/C27H24F3N3O/c28-27(29,30)34-23-11-12-25-24(16-23)21(17-32-25)5-2-6-26-31-14-13-22(33-26)10-8-18-7-9-19-3-1-4-20(19)15-18/h1,4,7,9,11-17,32H,2-3,5-6,8,10H2. The summed E-state index contributed by atoms with van der Waals surface area (Å²) in [6, 6.07) is 13.0. The Morgan fingerprint density at radius 2 is 1.88 bits per heavy atom. The number of hydrogen-bond acceptors (Lipinski definition) is 3. The number of alkyl halides is 3. The molecule has 0 amide bonds. The number of halogens is 3.